The van der Waals surface area contributed by atoms with Crippen LogP contribution in [0, 0.1) is 0 Å². The lowest BCUT2D eigenvalue weighted by Gasteiger charge is -2.34. The number of benzene rings is 3. The molecule has 328 valence electrons. The standard InChI is InChI=1S/C43H44Br2N4O13/c1-58-32-4-2-3-30-35(32)41(55)37-36(39(30)53)40(54)31-19-43(57,11-9-29(31)38(37)52)42(56)49-62-23-24-5-7-25(8-6-24)48-34(51)22-46-33(50)10-12-59-13-14-60-15-16-61-28-17-26(20-44)47-27(18-28)21-45/h2-8,17-18,52,54,57H,9-16,19-23H2,1H3,(H,46,50)(H,48,51)(H,49,56)/t43-/m1/s1. The lowest BCUT2D eigenvalue weighted by molar-refractivity contribution is -0.155. The molecule has 2 aliphatic carbocycles. The van der Waals surface area contributed by atoms with Crippen LogP contribution in [0.4, 0.5) is 5.69 Å². The molecule has 0 radical (unpaired) electrons. The molecule has 6 N–H and O–H groups in total. The van der Waals surface area contributed by atoms with Crippen LogP contribution in [0.1, 0.15) is 72.8 Å². The van der Waals surface area contributed by atoms with Gasteiger partial charge in [0.2, 0.25) is 17.6 Å². The summed E-state index contributed by atoms with van der Waals surface area (Å²) in [6, 6.07) is 14.6. The molecule has 3 aromatic carbocycles. The van der Waals surface area contributed by atoms with Crippen LogP contribution in [0.25, 0.3) is 0 Å². The summed E-state index contributed by atoms with van der Waals surface area (Å²) in [6.45, 7) is 1.11. The summed E-state index contributed by atoms with van der Waals surface area (Å²) in [5.41, 5.74) is 2.22. The second kappa shape index (κ2) is 21.1. The van der Waals surface area contributed by atoms with Crippen LogP contribution in [0.15, 0.2) is 54.6 Å². The summed E-state index contributed by atoms with van der Waals surface area (Å²) in [4.78, 5) is 74.6. The number of rotatable bonds is 20. The highest BCUT2D eigenvalue weighted by atomic mass is 79.9. The van der Waals surface area contributed by atoms with E-state index in [0.717, 1.165) is 11.4 Å². The number of amides is 3. The van der Waals surface area contributed by atoms with Gasteiger partial charge < -0.3 is 44.9 Å². The molecule has 62 heavy (non-hydrogen) atoms. The van der Waals surface area contributed by atoms with E-state index < -0.39 is 52.5 Å². The minimum atomic E-state index is -2.09. The molecule has 3 amide bonds. The molecule has 0 bridgehead atoms. The van der Waals surface area contributed by atoms with Gasteiger partial charge in [-0.2, -0.15) is 0 Å². The lowest BCUT2D eigenvalue weighted by Crippen LogP contribution is -2.50. The SMILES string of the molecule is COc1cccc2c1C(=O)c1c(O)c3c(c(O)c1C2=O)C[C@@](O)(C(=O)NOCc1ccc(NC(=O)CNC(=O)CCOCCOCCOc2cc(CBr)nc(CBr)c2)cc1)CC3. The zero-order valence-corrected chi connectivity index (χ0v) is 36.7. The molecule has 0 unspecified atom stereocenters. The van der Waals surface area contributed by atoms with Crippen molar-refractivity contribution in [1.29, 1.82) is 0 Å². The molecule has 0 aliphatic heterocycles. The number of aromatic hydroxyl groups is 2. The Labute approximate surface area is 372 Å². The van der Waals surface area contributed by atoms with E-state index in [9.17, 15) is 39.3 Å². The minimum Gasteiger partial charge on any atom is -0.507 e. The fourth-order valence-corrected chi connectivity index (χ4v) is 7.57. The van der Waals surface area contributed by atoms with E-state index in [-0.39, 0.29) is 85.1 Å². The zero-order valence-electron chi connectivity index (χ0n) is 33.5. The van der Waals surface area contributed by atoms with Crippen LogP contribution in [-0.4, -0.2) is 102 Å². The molecule has 19 heteroatoms. The first-order chi connectivity index (χ1) is 29.9. The Balaban J connectivity index is 0.875. The van der Waals surface area contributed by atoms with Crippen molar-refractivity contribution in [3.8, 4) is 23.0 Å². The number of halogens is 2. The number of ether oxygens (including phenoxy) is 4. The van der Waals surface area contributed by atoms with Crippen molar-refractivity contribution in [1.82, 2.24) is 15.8 Å². The number of carbonyl (C=O) groups is 5. The van der Waals surface area contributed by atoms with E-state index in [1.54, 1.807) is 24.3 Å². The van der Waals surface area contributed by atoms with Crippen molar-refractivity contribution in [2.45, 2.75) is 48.6 Å². The van der Waals surface area contributed by atoms with E-state index in [2.05, 4.69) is 53.0 Å². The highest BCUT2D eigenvalue weighted by molar-refractivity contribution is 9.08. The number of anilines is 1. The molecule has 1 heterocycles. The van der Waals surface area contributed by atoms with Gasteiger partial charge in [-0.05, 0) is 36.6 Å². The van der Waals surface area contributed by atoms with Crippen molar-refractivity contribution < 1.29 is 63.1 Å². The largest absolute Gasteiger partial charge is 0.507 e. The first-order valence-corrected chi connectivity index (χ1v) is 21.7. The van der Waals surface area contributed by atoms with Gasteiger partial charge in [-0.25, -0.2) is 5.48 Å². The molecule has 0 fully saturated rings. The minimum absolute atomic E-state index is 0.0148. The molecule has 0 saturated heterocycles. The van der Waals surface area contributed by atoms with Gasteiger partial charge in [-0.15, -0.1) is 0 Å². The smallest absolute Gasteiger partial charge is 0.275 e. The highest BCUT2D eigenvalue weighted by Crippen LogP contribution is 2.48. The maximum atomic E-state index is 13.5. The molecular weight excluding hydrogens is 940 g/mol. The summed E-state index contributed by atoms with van der Waals surface area (Å²) in [5.74, 6) is -3.39. The van der Waals surface area contributed by atoms with Crippen LogP contribution < -0.4 is 25.6 Å². The monoisotopic (exact) mass is 982 g/mol. The molecule has 1 aromatic heterocycles. The second-order valence-electron chi connectivity index (χ2n) is 14.3. The van der Waals surface area contributed by atoms with Gasteiger partial charge in [0.25, 0.3) is 5.91 Å². The summed E-state index contributed by atoms with van der Waals surface area (Å²) < 4.78 is 22.0. The molecule has 0 saturated carbocycles. The van der Waals surface area contributed by atoms with Crippen LogP contribution in [0.2, 0.25) is 0 Å². The van der Waals surface area contributed by atoms with Crippen LogP contribution in [0.5, 0.6) is 23.0 Å². The Morgan fingerprint density at radius 3 is 2.18 bits per heavy atom. The second-order valence-corrected chi connectivity index (χ2v) is 15.4. The summed E-state index contributed by atoms with van der Waals surface area (Å²) >= 11 is 6.80. The number of hydrogen-bond donors (Lipinski definition) is 6. The number of aromatic nitrogens is 1. The number of nitrogens with one attached hydrogen (secondary N) is 3. The highest BCUT2D eigenvalue weighted by Gasteiger charge is 2.46. The van der Waals surface area contributed by atoms with E-state index in [1.807, 2.05) is 12.1 Å². The molecule has 0 spiro atoms. The Bertz CT molecular complexity index is 2320. The van der Waals surface area contributed by atoms with Gasteiger partial charge >= 0.3 is 0 Å². The topological polar surface area (TPSA) is 241 Å². The van der Waals surface area contributed by atoms with Crippen molar-refractivity contribution >= 4 is 66.8 Å². The van der Waals surface area contributed by atoms with Gasteiger partial charge in [0.05, 0.1) is 74.8 Å². The zero-order chi connectivity index (χ0) is 44.4. The van der Waals surface area contributed by atoms with Gasteiger partial charge in [0.15, 0.2) is 5.78 Å². The number of pyridine rings is 1. The summed E-state index contributed by atoms with van der Waals surface area (Å²) in [5, 5.41) is 40.3. The third-order valence-electron chi connectivity index (χ3n) is 10.1. The Morgan fingerprint density at radius 1 is 0.823 bits per heavy atom. The maximum absolute atomic E-state index is 13.5. The van der Waals surface area contributed by atoms with Crippen LogP contribution in [0.3, 0.4) is 0 Å². The van der Waals surface area contributed by atoms with Crippen LogP contribution in [-0.2, 0) is 58.8 Å². The Hall–Kier alpha value is -5.44. The molecule has 2 aliphatic rings. The van der Waals surface area contributed by atoms with Crippen molar-refractivity contribution in [3.63, 3.8) is 0 Å². The number of nitrogens with zero attached hydrogens (tertiary/aromatic N) is 1. The van der Waals surface area contributed by atoms with Gasteiger partial charge in [0.1, 0.15) is 35.2 Å². The Morgan fingerprint density at radius 2 is 1.48 bits per heavy atom. The summed E-state index contributed by atoms with van der Waals surface area (Å²) in [6.07, 6.45) is -0.706. The quantitative estimate of drug-likeness (QED) is 0.0279. The maximum Gasteiger partial charge on any atom is 0.275 e. The number of phenols is 2. The van der Waals surface area contributed by atoms with E-state index >= 15 is 0 Å². The lowest BCUT2D eigenvalue weighted by atomic mass is 9.74. The molecule has 1 atom stereocenters. The molecular formula is C43H44Br2N4O13. The normalized spacial score (nSPS) is 15.2. The summed E-state index contributed by atoms with van der Waals surface area (Å²) in [7, 11) is 1.34. The van der Waals surface area contributed by atoms with Crippen molar-refractivity contribution in [2.75, 3.05) is 52.0 Å². The van der Waals surface area contributed by atoms with E-state index in [4.69, 9.17) is 23.8 Å². The third kappa shape index (κ3) is 10.8. The van der Waals surface area contributed by atoms with Crippen LogP contribution >= 0.6 is 31.9 Å². The average molecular weight is 985 g/mol. The molecule has 17 nitrogen and oxygen atoms in total. The number of ketones is 2. The first kappa shape index (κ1) is 46.1. The van der Waals surface area contributed by atoms with E-state index in [0.29, 0.717) is 47.5 Å². The van der Waals surface area contributed by atoms with Crippen molar-refractivity contribution in [2.24, 2.45) is 0 Å². The van der Waals surface area contributed by atoms with E-state index in [1.165, 1.54) is 25.3 Å². The van der Waals surface area contributed by atoms with Gasteiger partial charge in [0, 0.05) is 58.0 Å². The van der Waals surface area contributed by atoms with Crippen molar-refractivity contribution in [3.05, 3.63) is 105 Å². The number of alkyl halides is 2. The molecule has 4 aromatic rings. The predicted molar refractivity (Wildman–Crippen MR) is 229 cm³/mol. The number of aliphatic hydroxyl groups is 1. The third-order valence-corrected chi connectivity index (χ3v) is 11.3. The average Bonchev–Trinajstić information content (AvgIpc) is 3.28. The van der Waals surface area contributed by atoms with Gasteiger partial charge in [-0.3, -0.25) is 33.8 Å². The molecule has 6 rings (SSSR count). The number of carbonyl (C=O) groups excluding carboxylic acids is 5. The first-order valence-electron chi connectivity index (χ1n) is 19.4. The number of fused-ring (bicyclic) bond motifs is 3. The fourth-order valence-electron chi connectivity index (χ4n) is 7.00. The fraction of sp³-hybridized carbons (Fsp3) is 0.349. The number of methoxy groups -OCH3 is 1. The number of hydrogen-bond acceptors (Lipinski definition) is 14. The number of phenolic OH excluding ortho intramolecular Hbond substituents is 2. The number of hydroxylamine groups is 1. The van der Waals surface area contributed by atoms with Gasteiger partial charge in [-0.1, -0.05) is 56.1 Å². The predicted octanol–water partition coefficient (Wildman–Crippen LogP) is 4.09. The Kier molecular flexibility index (Phi) is 15.7.